The first kappa shape index (κ1) is 17.3. The molecule has 2 aliphatic rings. The molecule has 0 unspecified atom stereocenters. The number of esters is 1. The van der Waals surface area contributed by atoms with Crippen molar-refractivity contribution in [1.82, 2.24) is 4.90 Å². The molecule has 0 bridgehead atoms. The van der Waals surface area contributed by atoms with Crippen LogP contribution in [0.1, 0.15) is 19.4 Å². The molecule has 134 valence electrons. The van der Waals surface area contributed by atoms with Crippen molar-refractivity contribution in [3.63, 3.8) is 0 Å². The molecule has 1 saturated heterocycles. The van der Waals surface area contributed by atoms with Crippen molar-refractivity contribution in [2.24, 2.45) is 0 Å². The molecular formula is C18H21NO6. The molecule has 7 nitrogen and oxygen atoms in total. The van der Waals surface area contributed by atoms with Gasteiger partial charge in [-0.25, -0.2) is 4.79 Å². The Morgan fingerprint density at radius 2 is 1.92 bits per heavy atom. The van der Waals surface area contributed by atoms with Crippen molar-refractivity contribution in [1.29, 1.82) is 0 Å². The summed E-state index contributed by atoms with van der Waals surface area (Å²) in [6, 6.07) is 5.35. The van der Waals surface area contributed by atoms with Crippen LogP contribution in [0.4, 0.5) is 0 Å². The highest BCUT2D eigenvalue weighted by Crippen LogP contribution is 2.32. The molecule has 3 rings (SSSR count). The average Bonchev–Trinajstić information content (AvgIpc) is 3.04. The van der Waals surface area contributed by atoms with Crippen LogP contribution in [0.15, 0.2) is 24.3 Å². The highest BCUT2D eigenvalue weighted by atomic mass is 16.7. The molecule has 2 aliphatic heterocycles. The molecule has 25 heavy (non-hydrogen) atoms. The first-order valence-corrected chi connectivity index (χ1v) is 8.19. The molecule has 7 heteroatoms. The molecular weight excluding hydrogens is 326 g/mol. The summed E-state index contributed by atoms with van der Waals surface area (Å²) < 4.78 is 21.1. The van der Waals surface area contributed by atoms with Gasteiger partial charge in [0.15, 0.2) is 18.1 Å². The van der Waals surface area contributed by atoms with Gasteiger partial charge in [0.25, 0.3) is 5.91 Å². The number of rotatable bonds is 4. The predicted octanol–water partition coefficient (Wildman–Crippen LogP) is 1.61. The highest BCUT2D eigenvalue weighted by molar-refractivity contribution is 5.89. The van der Waals surface area contributed by atoms with Crippen molar-refractivity contribution >= 4 is 18.0 Å². The Labute approximate surface area is 146 Å². The average molecular weight is 347 g/mol. The highest BCUT2D eigenvalue weighted by Gasteiger charge is 2.26. The van der Waals surface area contributed by atoms with E-state index >= 15 is 0 Å². The maximum atomic E-state index is 12.1. The van der Waals surface area contributed by atoms with Crippen molar-refractivity contribution in [2.75, 3.05) is 26.5 Å². The lowest BCUT2D eigenvalue weighted by atomic mass is 10.2. The number of ether oxygens (including phenoxy) is 4. The molecule has 0 aliphatic carbocycles. The minimum absolute atomic E-state index is 0.0192. The van der Waals surface area contributed by atoms with Crippen LogP contribution in [0.5, 0.6) is 11.5 Å². The minimum Gasteiger partial charge on any atom is -0.454 e. The number of carbonyl (C=O) groups is 2. The van der Waals surface area contributed by atoms with Crippen molar-refractivity contribution in [3.05, 3.63) is 29.8 Å². The first-order chi connectivity index (χ1) is 12.0. The van der Waals surface area contributed by atoms with E-state index < -0.39 is 5.97 Å². The summed E-state index contributed by atoms with van der Waals surface area (Å²) in [5.74, 6) is 0.535. The number of hydrogen-bond donors (Lipinski definition) is 0. The third kappa shape index (κ3) is 4.51. The van der Waals surface area contributed by atoms with Crippen LogP contribution in [0.3, 0.4) is 0 Å². The lowest BCUT2D eigenvalue weighted by Crippen LogP contribution is -2.49. The number of nitrogens with zero attached hydrogens (tertiary/aromatic N) is 1. The van der Waals surface area contributed by atoms with E-state index in [-0.39, 0.29) is 31.5 Å². The molecule has 0 spiro atoms. The quantitative estimate of drug-likeness (QED) is 0.608. The van der Waals surface area contributed by atoms with Crippen molar-refractivity contribution < 1.29 is 28.5 Å². The Balaban J connectivity index is 1.48. The number of benzene rings is 1. The van der Waals surface area contributed by atoms with E-state index in [1.54, 1.807) is 29.2 Å². The third-order valence-corrected chi connectivity index (χ3v) is 3.92. The predicted molar refractivity (Wildman–Crippen MR) is 89.1 cm³/mol. The normalized spacial score (nSPS) is 22.2. The summed E-state index contributed by atoms with van der Waals surface area (Å²) in [6.45, 7) is 4.77. The van der Waals surface area contributed by atoms with Gasteiger partial charge in [-0.3, -0.25) is 4.79 Å². The third-order valence-electron chi connectivity index (χ3n) is 3.92. The first-order valence-electron chi connectivity index (χ1n) is 8.19. The second kappa shape index (κ2) is 7.57. The maximum absolute atomic E-state index is 12.1. The van der Waals surface area contributed by atoms with Gasteiger partial charge in [-0.15, -0.1) is 0 Å². The van der Waals surface area contributed by atoms with Gasteiger partial charge in [0, 0.05) is 19.2 Å². The molecule has 0 aromatic heterocycles. The van der Waals surface area contributed by atoms with Crippen LogP contribution < -0.4 is 9.47 Å². The standard InChI is InChI=1S/C18H21NO6/c1-12-8-19(9-13(2)25-12)17(20)10-22-18(21)6-4-14-3-5-15-16(7-14)24-11-23-15/h3-7,12-13H,8-11H2,1-2H3/b6-4+/t12-,13-/m0/s1. The smallest absolute Gasteiger partial charge is 0.331 e. The van der Waals surface area contributed by atoms with Crippen LogP contribution in [-0.2, 0) is 19.1 Å². The zero-order chi connectivity index (χ0) is 17.8. The fourth-order valence-corrected chi connectivity index (χ4v) is 2.83. The Hall–Kier alpha value is -2.54. The van der Waals surface area contributed by atoms with E-state index in [9.17, 15) is 9.59 Å². The van der Waals surface area contributed by atoms with Gasteiger partial charge < -0.3 is 23.8 Å². The summed E-state index contributed by atoms with van der Waals surface area (Å²) in [7, 11) is 0. The summed E-state index contributed by atoms with van der Waals surface area (Å²) in [4.78, 5) is 25.6. The van der Waals surface area contributed by atoms with Crippen molar-refractivity contribution in [2.45, 2.75) is 26.1 Å². The Kier molecular flexibility index (Phi) is 5.23. The van der Waals surface area contributed by atoms with E-state index in [2.05, 4.69) is 0 Å². The molecule has 1 aromatic rings. The zero-order valence-electron chi connectivity index (χ0n) is 14.3. The SMILES string of the molecule is C[C@H]1CN(C(=O)COC(=O)/C=C/c2ccc3c(c2)OCO3)C[C@H](C)O1. The van der Waals surface area contributed by atoms with E-state index in [1.807, 2.05) is 13.8 Å². The summed E-state index contributed by atoms with van der Waals surface area (Å²) >= 11 is 0. The van der Waals surface area contributed by atoms with Crippen LogP contribution in [0, 0.1) is 0 Å². The van der Waals surface area contributed by atoms with Gasteiger partial charge in [0.05, 0.1) is 12.2 Å². The second-order valence-electron chi connectivity index (χ2n) is 6.11. The van der Waals surface area contributed by atoms with Gasteiger partial charge in [0.1, 0.15) is 0 Å². The van der Waals surface area contributed by atoms with Crippen molar-refractivity contribution in [3.8, 4) is 11.5 Å². The fourth-order valence-electron chi connectivity index (χ4n) is 2.83. The minimum atomic E-state index is -0.569. The van der Waals surface area contributed by atoms with Gasteiger partial charge in [-0.05, 0) is 37.6 Å². The maximum Gasteiger partial charge on any atom is 0.331 e. The second-order valence-corrected chi connectivity index (χ2v) is 6.11. The number of fused-ring (bicyclic) bond motifs is 1. The fraction of sp³-hybridized carbons (Fsp3) is 0.444. The Morgan fingerprint density at radius 3 is 2.68 bits per heavy atom. The lowest BCUT2D eigenvalue weighted by molar-refractivity contribution is -0.154. The topological polar surface area (TPSA) is 74.3 Å². The summed E-state index contributed by atoms with van der Waals surface area (Å²) in [5, 5.41) is 0. The molecule has 2 heterocycles. The zero-order valence-corrected chi connectivity index (χ0v) is 14.3. The molecule has 2 atom stereocenters. The van der Waals surface area contributed by atoms with Crippen LogP contribution in [-0.4, -0.2) is 55.5 Å². The Morgan fingerprint density at radius 1 is 1.20 bits per heavy atom. The van der Waals surface area contributed by atoms with E-state index in [1.165, 1.54) is 6.08 Å². The van der Waals surface area contributed by atoms with Gasteiger partial charge >= 0.3 is 5.97 Å². The molecule has 1 fully saturated rings. The molecule has 1 aromatic carbocycles. The van der Waals surface area contributed by atoms with Crippen LogP contribution in [0.25, 0.3) is 6.08 Å². The molecule has 1 amide bonds. The van der Waals surface area contributed by atoms with Gasteiger partial charge in [-0.2, -0.15) is 0 Å². The largest absolute Gasteiger partial charge is 0.454 e. The lowest BCUT2D eigenvalue weighted by Gasteiger charge is -2.35. The number of hydrogen-bond acceptors (Lipinski definition) is 6. The van der Waals surface area contributed by atoms with E-state index in [4.69, 9.17) is 18.9 Å². The number of amides is 1. The van der Waals surface area contributed by atoms with E-state index in [0.717, 1.165) is 5.56 Å². The van der Waals surface area contributed by atoms with Crippen LogP contribution >= 0.6 is 0 Å². The van der Waals surface area contributed by atoms with Gasteiger partial charge in [-0.1, -0.05) is 6.07 Å². The molecule has 0 saturated carbocycles. The molecule has 0 N–H and O–H groups in total. The van der Waals surface area contributed by atoms with Gasteiger partial charge in [0.2, 0.25) is 6.79 Å². The number of morpholine rings is 1. The summed E-state index contributed by atoms with van der Waals surface area (Å²) in [6.07, 6.45) is 2.85. The van der Waals surface area contributed by atoms with Crippen LogP contribution in [0.2, 0.25) is 0 Å². The molecule has 0 radical (unpaired) electrons. The van der Waals surface area contributed by atoms with E-state index in [0.29, 0.717) is 24.6 Å². The monoisotopic (exact) mass is 347 g/mol. The number of carbonyl (C=O) groups excluding carboxylic acids is 2. The summed E-state index contributed by atoms with van der Waals surface area (Å²) in [5.41, 5.74) is 0.781. The Bertz CT molecular complexity index is 676.